The number of nitrogens with one attached hydrogen (secondary N) is 3. The lowest BCUT2D eigenvalue weighted by Gasteiger charge is -2.42. The minimum atomic E-state index is -1.44. The molecule has 13 heteroatoms. The Hall–Kier alpha value is -4.04. The van der Waals surface area contributed by atoms with E-state index in [0.29, 0.717) is 36.5 Å². The van der Waals surface area contributed by atoms with Crippen LogP contribution in [0, 0.1) is 0 Å². The molecule has 4 amide bonds. The molecular weight excluding hydrogens is 608 g/mol. The van der Waals surface area contributed by atoms with Crippen molar-refractivity contribution in [3.05, 3.63) is 60.2 Å². The molecule has 0 saturated carbocycles. The molecule has 0 unspecified atom stereocenters. The van der Waals surface area contributed by atoms with E-state index in [-0.39, 0.29) is 30.7 Å². The van der Waals surface area contributed by atoms with Gasteiger partial charge in [0.2, 0.25) is 24.0 Å². The van der Waals surface area contributed by atoms with E-state index >= 15 is 0 Å². The summed E-state index contributed by atoms with van der Waals surface area (Å²) < 4.78 is 11.4. The van der Waals surface area contributed by atoms with Crippen LogP contribution in [-0.4, -0.2) is 101 Å². The number of rotatable bonds is 18. The van der Waals surface area contributed by atoms with Crippen LogP contribution in [0.2, 0.25) is 0 Å². The number of hydrogen-bond donors (Lipinski definition) is 6. The molecule has 0 bridgehead atoms. The predicted octanol–water partition coefficient (Wildman–Crippen LogP) is 1.96. The van der Waals surface area contributed by atoms with Crippen LogP contribution in [0.25, 0.3) is 0 Å². The Morgan fingerprint density at radius 3 is 2.28 bits per heavy atom. The van der Waals surface area contributed by atoms with Crippen molar-refractivity contribution in [3.8, 4) is 5.75 Å². The number of aliphatic hydroxyl groups excluding tert-OH is 3. The molecule has 1 fully saturated rings. The van der Waals surface area contributed by atoms with Gasteiger partial charge in [0, 0.05) is 50.7 Å². The van der Waals surface area contributed by atoms with E-state index in [1.165, 1.54) is 6.92 Å². The number of carbonyl (C=O) groups excluding carboxylic acids is 4. The second-order valence-electron chi connectivity index (χ2n) is 11.5. The number of anilines is 1. The fourth-order valence-corrected chi connectivity index (χ4v) is 5.13. The number of unbranched alkanes of at least 4 members (excludes halogenated alkanes) is 3. The van der Waals surface area contributed by atoms with Crippen molar-refractivity contribution in [1.29, 1.82) is 0 Å². The van der Waals surface area contributed by atoms with Crippen molar-refractivity contribution in [2.24, 2.45) is 0 Å². The average molecular weight is 657 g/mol. The maximum absolute atomic E-state index is 12.8. The second kappa shape index (κ2) is 19.6. The van der Waals surface area contributed by atoms with E-state index in [4.69, 9.17) is 9.47 Å². The monoisotopic (exact) mass is 656 g/mol. The molecule has 6 N–H and O–H groups in total. The minimum absolute atomic E-state index is 0.0158. The van der Waals surface area contributed by atoms with Gasteiger partial charge in [-0.05, 0) is 62.1 Å². The van der Waals surface area contributed by atoms with Gasteiger partial charge in [-0.3, -0.25) is 19.2 Å². The normalized spacial score (nSPS) is 20.6. The van der Waals surface area contributed by atoms with Gasteiger partial charge < -0.3 is 45.6 Å². The maximum atomic E-state index is 12.8. The molecular formula is C34H48N4O9. The Bertz CT molecular complexity index is 1280. The number of hydrogen-bond acceptors (Lipinski definition) is 9. The lowest BCUT2D eigenvalue weighted by atomic mass is 9.97. The molecule has 0 spiro atoms. The first-order valence-corrected chi connectivity index (χ1v) is 16.2. The first-order valence-electron chi connectivity index (χ1n) is 16.2. The smallest absolute Gasteiger partial charge is 0.251 e. The zero-order valence-electron chi connectivity index (χ0n) is 27.1. The Morgan fingerprint density at radius 2 is 1.62 bits per heavy atom. The number of carbonyl (C=O) groups is 4. The second-order valence-corrected chi connectivity index (χ2v) is 11.5. The SMILES string of the molecule is CCCCC(=O)N(CCCCCNC(=O)c1ccccc1)CCC(=O)Nc1ccc(O[C@@H]2O[C@H](CO)[C@H](O)[C@H](O)[C@H]2NC(C)=O)cc1. The highest BCUT2D eigenvalue weighted by atomic mass is 16.7. The van der Waals surface area contributed by atoms with Gasteiger partial charge in [0.25, 0.3) is 5.91 Å². The summed E-state index contributed by atoms with van der Waals surface area (Å²) >= 11 is 0. The zero-order valence-corrected chi connectivity index (χ0v) is 27.1. The molecule has 1 aliphatic rings. The van der Waals surface area contributed by atoms with Gasteiger partial charge in [-0.15, -0.1) is 0 Å². The Labute approximate surface area is 275 Å². The van der Waals surface area contributed by atoms with Crippen molar-refractivity contribution in [2.75, 3.05) is 31.6 Å². The topological polar surface area (TPSA) is 187 Å². The van der Waals surface area contributed by atoms with Crippen LogP contribution in [0.15, 0.2) is 54.6 Å². The molecule has 5 atom stereocenters. The summed E-state index contributed by atoms with van der Waals surface area (Å²) in [6, 6.07) is 14.3. The number of ether oxygens (including phenoxy) is 2. The summed E-state index contributed by atoms with van der Waals surface area (Å²) in [6.45, 7) is 4.06. The van der Waals surface area contributed by atoms with Gasteiger partial charge in [-0.1, -0.05) is 31.5 Å². The van der Waals surface area contributed by atoms with Gasteiger partial charge in [0.05, 0.1) is 6.61 Å². The van der Waals surface area contributed by atoms with Crippen LogP contribution in [0.3, 0.4) is 0 Å². The third-order valence-corrected chi connectivity index (χ3v) is 7.77. The van der Waals surface area contributed by atoms with Crippen molar-refractivity contribution in [3.63, 3.8) is 0 Å². The molecule has 0 aliphatic carbocycles. The molecule has 2 aromatic carbocycles. The molecule has 0 aromatic heterocycles. The zero-order chi connectivity index (χ0) is 34.2. The lowest BCUT2D eigenvalue weighted by molar-refractivity contribution is -0.244. The van der Waals surface area contributed by atoms with Crippen LogP contribution in [0.5, 0.6) is 5.75 Å². The van der Waals surface area contributed by atoms with Crippen LogP contribution in [0.4, 0.5) is 5.69 Å². The molecule has 3 rings (SSSR count). The van der Waals surface area contributed by atoms with Crippen LogP contribution in [-0.2, 0) is 19.1 Å². The summed E-state index contributed by atoms with van der Waals surface area (Å²) in [7, 11) is 0. The predicted molar refractivity (Wildman–Crippen MR) is 174 cm³/mol. The van der Waals surface area contributed by atoms with Gasteiger partial charge in [-0.25, -0.2) is 0 Å². The molecule has 2 aromatic rings. The molecule has 0 radical (unpaired) electrons. The summed E-state index contributed by atoms with van der Waals surface area (Å²) in [5.74, 6) is -0.521. The summed E-state index contributed by atoms with van der Waals surface area (Å²) in [6.07, 6.45) is -0.600. The number of nitrogens with zero attached hydrogens (tertiary/aromatic N) is 1. The molecule has 258 valence electrons. The highest BCUT2D eigenvalue weighted by Crippen LogP contribution is 2.25. The molecule has 1 aliphatic heterocycles. The van der Waals surface area contributed by atoms with E-state index in [1.807, 2.05) is 25.1 Å². The average Bonchev–Trinajstić information content (AvgIpc) is 3.07. The van der Waals surface area contributed by atoms with E-state index in [0.717, 1.165) is 32.1 Å². The van der Waals surface area contributed by atoms with Crippen molar-refractivity contribution in [1.82, 2.24) is 15.5 Å². The highest BCUT2D eigenvalue weighted by molar-refractivity contribution is 5.94. The van der Waals surface area contributed by atoms with Gasteiger partial charge in [0.15, 0.2) is 0 Å². The van der Waals surface area contributed by atoms with E-state index in [9.17, 15) is 34.5 Å². The molecule has 1 saturated heterocycles. The summed E-state index contributed by atoms with van der Waals surface area (Å²) in [5, 5.41) is 38.4. The van der Waals surface area contributed by atoms with E-state index in [2.05, 4.69) is 16.0 Å². The van der Waals surface area contributed by atoms with Gasteiger partial charge >= 0.3 is 0 Å². The standard InChI is InChI=1S/C34H48N4O9/c1-3-4-13-29(42)38(20-10-6-9-19-35-33(45)24-11-7-5-8-12-24)21-18-28(41)37-25-14-16-26(17-15-25)46-34-30(36-23(2)40)32(44)31(43)27(22-39)47-34/h5,7-8,11-12,14-17,27,30-32,34,39,43-44H,3-4,6,9-10,13,18-22H2,1-2H3,(H,35,45)(H,36,40)(H,37,41)/t27-,30-,31+,32-,34-/m1/s1. The van der Waals surface area contributed by atoms with Crippen molar-refractivity contribution >= 4 is 29.3 Å². The van der Waals surface area contributed by atoms with E-state index in [1.54, 1.807) is 41.3 Å². The fraction of sp³-hybridized carbons (Fsp3) is 0.529. The first-order chi connectivity index (χ1) is 22.6. The third-order valence-electron chi connectivity index (χ3n) is 7.77. The maximum Gasteiger partial charge on any atom is 0.251 e. The molecule has 47 heavy (non-hydrogen) atoms. The van der Waals surface area contributed by atoms with E-state index < -0.39 is 43.2 Å². The van der Waals surface area contributed by atoms with Gasteiger partial charge in [-0.2, -0.15) is 0 Å². The molecule has 1 heterocycles. The van der Waals surface area contributed by atoms with Crippen LogP contribution in [0.1, 0.15) is 69.2 Å². The Kier molecular flexibility index (Phi) is 15.6. The number of aliphatic hydroxyl groups is 3. The van der Waals surface area contributed by atoms with Gasteiger partial charge in [0.1, 0.15) is 30.1 Å². The fourth-order valence-electron chi connectivity index (χ4n) is 5.13. The summed E-state index contributed by atoms with van der Waals surface area (Å²) in [5.41, 5.74) is 1.11. The number of amides is 4. The largest absolute Gasteiger partial charge is 0.463 e. The summed E-state index contributed by atoms with van der Waals surface area (Å²) in [4.78, 5) is 51.2. The minimum Gasteiger partial charge on any atom is -0.463 e. The van der Waals surface area contributed by atoms with Crippen LogP contribution < -0.4 is 20.7 Å². The van der Waals surface area contributed by atoms with Crippen molar-refractivity contribution < 1.29 is 44.0 Å². The quantitative estimate of drug-likeness (QED) is 0.130. The number of benzene rings is 2. The third kappa shape index (κ3) is 12.2. The Balaban J connectivity index is 1.46. The molecule has 13 nitrogen and oxygen atoms in total. The highest BCUT2D eigenvalue weighted by Gasteiger charge is 2.46. The first kappa shape index (κ1) is 37.4. The van der Waals surface area contributed by atoms with Crippen molar-refractivity contribution in [2.45, 2.75) is 89.4 Å². The Morgan fingerprint density at radius 1 is 0.894 bits per heavy atom. The lowest BCUT2D eigenvalue weighted by Crippen LogP contribution is -2.65. The van der Waals surface area contributed by atoms with Crippen LogP contribution >= 0.6 is 0 Å².